The smallest absolute Gasteiger partial charge is 0.406 e. The molecule has 1 aromatic heterocycles. The summed E-state index contributed by atoms with van der Waals surface area (Å²) in [5.41, 5.74) is 3.88. The number of benzene rings is 3. The first-order chi connectivity index (χ1) is 21.4. The first-order valence-corrected chi connectivity index (χ1v) is 14.9. The quantitative estimate of drug-likeness (QED) is 0.163. The van der Waals surface area contributed by atoms with Crippen molar-refractivity contribution in [2.24, 2.45) is 4.99 Å². The summed E-state index contributed by atoms with van der Waals surface area (Å²) >= 11 is 1.39. The van der Waals surface area contributed by atoms with Crippen molar-refractivity contribution in [3.05, 3.63) is 89.7 Å². The molecule has 2 heterocycles. The molecule has 0 spiro atoms. The Bertz CT molecular complexity index is 1660. The fourth-order valence-corrected chi connectivity index (χ4v) is 6.11. The predicted molar refractivity (Wildman–Crippen MR) is 163 cm³/mol. The molecule has 3 aromatic carbocycles. The molecule has 14 heteroatoms. The minimum absolute atomic E-state index is 0.0169. The van der Waals surface area contributed by atoms with Gasteiger partial charge in [0.05, 0.1) is 5.69 Å². The summed E-state index contributed by atoms with van der Waals surface area (Å²) in [6.07, 6.45) is -7.09. The van der Waals surface area contributed by atoms with E-state index < -0.39 is 24.9 Å². The van der Waals surface area contributed by atoms with Crippen LogP contribution in [0.15, 0.2) is 78.0 Å². The molecule has 3 unspecified atom stereocenters. The van der Waals surface area contributed by atoms with Gasteiger partial charge in [0.1, 0.15) is 12.1 Å². The van der Waals surface area contributed by atoms with Crippen molar-refractivity contribution in [3.8, 4) is 22.8 Å². The summed E-state index contributed by atoms with van der Waals surface area (Å²) in [4.78, 5) is 23.0. The lowest BCUT2D eigenvalue weighted by Crippen LogP contribution is -2.43. The Labute approximate surface area is 260 Å². The van der Waals surface area contributed by atoms with Crippen LogP contribution in [0.4, 0.5) is 32.4 Å². The van der Waals surface area contributed by atoms with Gasteiger partial charge in [-0.15, -0.1) is 18.3 Å². The zero-order valence-corrected chi connectivity index (χ0v) is 25.2. The van der Waals surface area contributed by atoms with Gasteiger partial charge in [0.25, 0.3) is 0 Å². The molecule has 5 rings (SSSR count). The highest BCUT2D eigenvalue weighted by molar-refractivity contribution is 8.14. The lowest BCUT2D eigenvalue weighted by Gasteiger charge is -2.37. The molecule has 1 aliphatic heterocycles. The van der Waals surface area contributed by atoms with E-state index in [0.29, 0.717) is 16.4 Å². The third-order valence-electron chi connectivity index (χ3n) is 7.12. The molecule has 236 valence electrons. The third kappa shape index (κ3) is 7.62. The second-order valence-corrected chi connectivity index (χ2v) is 11.5. The average molecular weight is 645 g/mol. The van der Waals surface area contributed by atoms with Crippen LogP contribution in [-0.4, -0.2) is 50.4 Å². The molecule has 8 nitrogen and oxygen atoms in total. The van der Waals surface area contributed by atoms with Crippen LogP contribution in [0.1, 0.15) is 36.2 Å². The number of halogens is 5. The van der Waals surface area contributed by atoms with Crippen LogP contribution in [0.3, 0.4) is 0 Å². The summed E-state index contributed by atoms with van der Waals surface area (Å²) in [5.74, 6) is 0.614. The number of aromatic nitrogens is 3. The number of para-hydroxylation sites is 1. The second-order valence-electron chi connectivity index (χ2n) is 10.4. The lowest BCUT2D eigenvalue weighted by molar-refractivity contribution is -0.274. The molecular formula is C31H29F5N6O2S. The maximum atomic E-state index is 15.1. The van der Waals surface area contributed by atoms with E-state index in [4.69, 9.17) is 0 Å². The Morgan fingerprint density at radius 1 is 1.04 bits per heavy atom. The normalized spacial score (nSPS) is 17.6. The highest BCUT2D eigenvalue weighted by atomic mass is 32.2. The minimum atomic E-state index is -4.80. The van der Waals surface area contributed by atoms with E-state index in [1.54, 1.807) is 0 Å². The van der Waals surface area contributed by atoms with Crippen molar-refractivity contribution in [2.45, 2.75) is 52.1 Å². The van der Waals surface area contributed by atoms with E-state index in [1.807, 2.05) is 49.2 Å². The molecule has 45 heavy (non-hydrogen) atoms. The number of nitrogens with one attached hydrogen (secondary N) is 1. The highest BCUT2D eigenvalue weighted by Crippen LogP contribution is 2.34. The SMILES string of the molecule is Cc1cccc(C)c1N1/C(=N/C(=O)NC(F)C(F)c2ccc(-c3ncn(-c4ccc(OC(F)(F)F)cc4)n3)cc2)SCCC1C. The van der Waals surface area contributed by atoms with Gasteiger partial charge in [0.15, 0.2) is 17.2 Å². The summed E-state index contributed by atoms with van der Waals surface area (Å²) in [6.45, 7) is 5.98. The van der Waals surface area contributed by atoms with Crippen LogP contribution in [0, 0.1) is 13.8 Å². The Morgan fingerprint density at radius 2 is 1.71 bits per heavy atom. The van der Waals surface area contributed by atoms with Gasteiger partial charge in [-0.3, -0.25) is 0 Å². The molecular weight excluding hydrogens is 615 g/mol. The van der Waals surface area contributed by atoms with Gasteiger partial charge in [-0.1, -0.05) is 54.2 Å². The van der Waals surface area contributed by atoms with Crippen LogP contribution < -0.4 is 15.0 Å². The summed E-state index contributed by atoms with van der Waals surface area (Å²) < 4.78 is 72.5. The lowest BCUT2D eigenvalue weighted by atomic mass is 10.1. The number of thioether (sulfide) groups is 1. The first-order valence-electron chi connectivity index (χ1n) is 13.9. The largest absolute Gasteiger partial charge is 0.573 e. The molecule has 3 atom stereocenters. The van der Waals surface area contributed by atoms with Gasteiger partial charge in [0, 0.05) is 23.0 Å². The predicted octanol–water partition coefficient (Wildman–Crippen LogP) is 7.85. The van der Waals surface area contributed by atoms with Crippen molar-refractivity contribution in [1.29, 1.82) is 0 Å². The molecule has 0 bridgehead atoms. The van der Waals surface area contributed by atoms with E-state index in [-0.39, 0.29) is 23.2 Å². The average Bonchev–Trinajstić information content (AvgIpc) is 3.48. The number of amidine groups is 1. The van der Waals surface area contributed by atoms with Crippen molar-refractivity contribution in [2.75, 3.05) is 10.7 Å². The van der Waals surface area contributed by atoms with Gasteiger partial charge in [0.2, 0.25) is 6.30 Å². The van der Waals surface area contributed by atoms with Crippen LogP contribution in [0.2, 0.25) is 0 Å². The number of hydrogen-bond donors (Lipinski definition) is 1. The Hall–Kier alpha value is -4.46. The zero-order valence-electron chi connectivity index (χ0n) is 24.4. The summed E-state index contributed by atoms with van der Waals surface area (Å²) in [6, 6.07) is 15.7. The number of rotatable bonds is 7. The molecule has 1 fully saturated rings. The number of carbonyl (C=O) groups is 1. The number of hydrogen-bond acceptors (Lipinski definition) is 5. The Balaban J connectivity index is 1.24. The molecule has 2 amide bonds. The molecule has 1 aliphatic rings. The van der Waals surface area contributed by atoms with Crippen LogP contribution in [0.5, 0.6) is 5.75 Å². The van der Waals surface area contributed by atoms with Gasteiger partial charge in [-0.05, 0) is 68.1 Å². The maximum Gasteiger partial charge on any atom is 0.573 e. The minimum Gasteiger partial charge on any atom is -0.406 e. The van der Waals surface area contributed by atoms with E-state index in [2.05, 4.69) is 19.8 Å². The van der Waals surface area contributed by atoms with Crippen LogP contribution >= 0.6 is 11.8 Å². The number of alkyl halides is 5. The number of aliphatic imine (C=N–C) groups is 1. The maximum absolute atomic E-state index is 15.1. The number of aryl methyl sites for hydroxylation is 2. The fourth-order valence-electron chi connectivity index (χ4n) is 4.91. The Morgan fingerprint density at radius 3 is 2.36 bits per heavy atom. The Kier molecular flexibility index (Phi) is 9.42. The monoisotopic (exact) mass is 644 g/mol. The number of urea groups is 1. The topological polar surface area (TPSA) is 84.6 Å². The zero-order chi connectivity index (χ0) is 32.3. The number of nitrogens with zero attached hydrogens (tertiary/aromatic N) is 5. The number of ether oxygens (including phenoxy) is 1. The fraction of sp³-hybridized carbons (Fsp3) is 0.290. The van der Waals surface area contributed by atoms with Crippen molar-refractivity contribution >= 4 is 28.6 Å². The molecule has 1 saturated heterocycles. The number of amides is 2. The summed E-state index contributed by atoms with van der Waals surface area (Å²) in [5, 5.41) is 6.74. The van der Waals surface area contributed by atoms with Crippen molar-refractivity contribution in [1.82, 2.24) is 20.1 Å². The van der Waals surface area contributed by atoms with Gasteiger partial charge < -0.3 is 15.0 Å². The van der Waals surface area contributed by atoms with E-state index in [0.717, 1.165) is 41.1 Å². The molecule has 4 aromatic rings. The highest BCUT2D eigenvalue weighted by Gasteiger charge is 2.31. The van der Waals surface area contributed by atoms with Crippen LogP contribution in [-0.2, 0) is 0 Å². The summed E-state index contributed by atoms with van der Waals surface area (Å²) in [7, 11) is 0. The standard InChI is InChI=1S/C31H29F5N6O2S/c1-18-5-4-6-19(2)26(18)42-20(3)15-16-45-30(42)39-29(43)38-27(33)25(32)21-7-9-22(10-8-21)28-37-17-41(40-28)23-11-13-24(14-12-23)44-31(34,35)36/h4-14,17,20,25,27H,15-16H2,1-3H3,(H,38,43)/b39-30-. The van der Waals surface area contributed by atoms with E-state index in [1.165, 1.54) is 59.2 Å². The van der Waals surface area contributed by atoms with Crippen LogP contribution in [0.25, 0.3) is 17.1 Å². The molecule has 1 N–H and O–H groups in total. The van der Waals surface area contributed by atoms with E-state index in [9.17, 15) is 22.4 Å². The molecule has 0 saturated carbocycles. The van der Waals surface area contributed by atoms with E-state index >= 15 is 4.39 Å². The third-order valence-corrected chi connectivity index (χ3v) is 8.11. The van der Waals surface area contributed by atoms with Gasteiger partial charge in [-0.2, -0.15) is 4.99 Å². The van der Waals surface area contributed by atoms with Gasteiger partial charge >= 0.3 is 12.4 Å². The van der Waals surface area contributed by atoms with Crippen molar-refractivity contribution in [3.63, 3.8) is 0 Å². The van der Waals surface area contributed by atoms with Crippen molar-refractivity contribution < 1.29 is 31.5 Å². The second kappa shape index (κ2) is 13.3. The number of carbonyl (C=O) groups excluding carboxylic acids is 1. The number of anilines is 1. The molecule has 0 aliphatic carbocycles. The first kappa shape index (κ1) is 31.9. The van der Waals surface area contributed by atoms with Gasteiger partial charge in [-0.25, -0.2) is 23.2 Å². The molecule has 0 radical (unpaired) electrons.